The van der Waals surface area contributed by atoms with Crippen LogP contribution < -0.4 is 9.44 Å². The maximum Gasteiger partial charge on any atom is 0.321 e. The Kier molecular flexibility index (Phi) is 5.19. The maximum atomic E-state index is 10.9. The highest BCUT2D eigenvalue weighted by Crippen LogP contribution is 1.99. The number of hydrogen-bond donors (Lipinski definition) is 4. The summed E-state index contributed by atoms with van der Waals surface area (Å²) < 4.78 is 25.5. The molecule has 0 unspecified atom stereocenters. The number of carboxylic acid groups (broad SMARTS) is 2. The molecule has 9 heteroatoms. The zero-order chi connectivity index (χ0) is 12.1. The fraction of sp³-hybridized carbons (Fsp3) is 0.667. The first-order valence-electron chi connectivity index (χ1n) is 3.94. The molecule has 0 aliphatic rings. The highest BCUT2D eigenvalue weighted by Gasteiger charge is 2.23. The van der Waals surface area contributed by atoms with Gasteiger partial charge in [0.25, 0.3) is 10.2 Å². The standard InChI is InChI=1S/C6H12N2O6S/c1-7-15(13,14)8-4(6(11)12)2-3-5(9)10/h4,7-8H,2-3H2,1H3,(H,9,10)(H,11,12)/t4-/m0/s1. The van der Waals surface area contributed by atoms with E-state index >= 15 is 0 Å². The third-order valence-electron chi connectivity index (χ3n) is 1.51. The third kappa shape index (κ3) is 5.99. The molecule has 0 saturated heterocycles. The Balaban J connectivity index is 4.42. The lowest BCUT2D eigenvalue weighted by molar-refractivity contribution is -0.140. The van der Waals surface area contributed by atoms with Crippen LogP contribution in [0.2, 0.25) is 0 Å². The van der Waals surface area contributed by atoms with E-state index in [1.165, 1.54) is 0 Å². The Morgan fingerprint density at radius 2 is 1.87 bits per heavy atom. The van der Waals surface area contributed by atoms with E-state index in [0.29, 0.717) is 0 Å². The summed E-state index contributed by atoms with van der Waals surface area (Å²) >= 11 is 0. The molecule has 0 spiro atoms. The molecule has 0 amide bonds. The van der Waals surface area contributed by atoms with Gasteiger partial charge in [0.1, 0.15) is 6.04 Å². The van der Waals surface area contributed by atoms with Gasteiger partial charge in [0.05, 0.1) is 0 Å². The largest absolute Gasteiger partial charge is 0.481 e. The molecule has 0 aromatic carbocycles. The lowest BCUT2D eigenvalue weighted by atomic mass is 10.2. The molecule has 1 atom stereocenters. The van der Waals surface area contributed by atoms with Gasteiger partial charge in [-0.15, -0.1) is 0 Å². The normalized spacial score (nSPS) is 13.4. The molecule has 8 nitrogen and oxygen atoms in total. The monoisotopic (exact) mass is 240 g/mol. The minimum Gasteiger partial charge on any atom is -0.481 e. The number of carbonyl (C=O) groups is 2. The Morgan fingerprint density at radius 3 is 2.20 bits per heavy atom. The summed E-state index contributed by atoms with van der Waals surface area (Å²) in [7, 11) is -2.78. The lowest BCUT2D eigenvalue weighted by Gasteiger charge is -2.12. The van der Waals surface area contributed by atoms with E-state index < -0.39 is 34.6 Å². The Bertz CT molecular complexity index is 338. The topological polar surface area (TPSA) is 133 Å². The number of rotatable bonds is 7. The van der Waals surface area contributed by atoms with E-state index in [-0.39, 0.29) is 6.42 Å². The van der Waals surface area contributed by atoms with Crippen LogP contribution in [-0.4, -0.2) is 43.7 Å². The van der Waals surface area contributed by atoms with Crippen molar-refractivity contribution in [3.63, 3.8) is 0 Å². The molecule has 0 rings (SSSR count). The van der Waals surface area contributed by atoms with E-state index in [2.05, 4.69) is 0 Å². The first-order chi connectivity index (χ1) is 6.78. The second-order valence-electron chi connectivity index (χ2n) is 2.65. The Morgan fingerprint density at radius 1 is 1.33 bits per heavy atom. The van der Waals surface area contributed by atoms with Crippen molar-refractivity contribution in [2.45, 2.75) is 18.9 Å². The predicted octanol–water partition coefficient (Wildman–Crippen LogP) is -1.64. The molecule has 0 fully saturated rings. The number of carboxylic acids is 2. The van der Waals surface area contributed by atoms with Gasteiger partial charge in [-0.1, -0.05) is 0 Å². The molecule has 0 aliphatic heterocycles. The summed E-state index contributed by atoms with van der Waals surface area (Å²) in [6.07, 6.45) is -0.741. The van der Waals surface area contributed by atoms with Crippen molar-refractivity contribution in [2.24, 2.45) is 0 Å². The van der Waals surface area contributed by atoms with Gasteiger partial charge in [-0.2, -0.15) is 13.1 Å². The minimum absolute atomic E-state index is 0.314. The summed E-state index contributed by atoms with van der Waals surface area (Å²) in [5.74, 6) is -2.61. The molecule has 0 aromatic heterocycles. The molecule has 0 saturated carbocycles. The van der Waals surface area contributed by atoms with E-state index in [9.17, 15) is 18.0 Å². The van der Waals surface area contributed by atoms with Crippen LogP contribution >= 0.6 is 0 Å². The zero-order valence-corrected chi connectivity index (χ0v) is 8.74. The van der Waals surface area contributed by atoms with Crippen molar-refractivity contribution in [1.29, 1.82) is 0 Å². The minimum atomic E-state index is -3.89. The van der Waals surface area contributed by atoms with Crippen LogP contribution in [-0.2, 0) is 19.8 Å². The van der Waals surface area contributed by atoms with E-state index in [4.69, 9.17) is 10.2 Å². The third-order valence-corrected chi connectivity index (χ3v) is 2.64. The second-order valence-corrected chi connectivity index (χ2v) is 4.30. The number of aliphatic carboxylic acids is 2. The average molecular weight is 240 g/mol. The van der Waals surface area contributed by atoms with Gasteiger partial charge < -0.3 is 10.2 Å². The van der Waals surface area contributed by atoms with Gasteiger partial charge in [-0.25, -0.2) is 4.72 Å². The van der Waals surface area contributed by atoms with Crippen LogP contribution in [0.25, 0.3) is 0 Å². The second kappa shape index (κ2) is 5.63. The van der Waals surface area contributed by atoms with Crippen molar-refractivity contribution in [3.05, 3.63) is 0 Å². The Hall–Kier alpha value is -1.19. The van der Waals surface area contributed by atoms with Crippen molar-refractivity contribution >= 4 is 22.1 Å². The van der Waals surface area contributed by atoms with E-state index in [1.807, 2.05) is 4.72 Å². The molecule has 0 aromatic rings. The molecular weight excluding hydrogens is 228 g/mol. The Labute approximate surface area is 86.5 Å². The van der Waals surface area contributed by atoms with Gasteiger partial charge in [-0.05, 0) is 6.42 Å². The summed E-state index contributed by atoms with van der Waals surface area (Å²) in [5, 5.41) is 16.9. The highest BCUT2D eigenvalue weighted by atomic mass is 32.2. The summed E-state index contributed by atoms with van der Waals surface area (Å²) in [5.41, 5.74) is 0. The maximum absolute atomic E-state index is 10.9. The molecular formula is C6H12N2O6S. The summed E-state index contributed by atoms with van der Waals surface area (Å²) in [4.78, 5) is 20.7. The molecule has 0 bridgehead atoms. The number of nitrogens with one attached hydrogen (secondary N) is 2. The van der Waals surface area contributed by atoms with Crippen LogP contribution in [0.1, 0.15) is 12.8 Å². The lowest BCUT2D eigenvalue weighted by Crippen LogP contribution is -2.45. The van der Waals surface area contributed by atoms with Crippen molar-refractivity contribution < 1.29 is 28.2 Å². The first-order valence-corrected chi connectivity index (χ1v) is 5.42. The molecule has 0 aliphatic carbocycles. The van der Waals surface area contributed by atoms with Gasteiger partial charge in [0.2, 0.25) is 0 Å². The van der Waals surface area contributed by atoms with Crippen molar-refractivity contribution in [3.8, 4) is 0 Å². The fourth-order valence-electron chi connectivity index (χ4n) is 0.747. The molecule has 0 radical (unpaired) electrons. The van der Waals surface area contributed by atoms with Crippen LogP contribution in [0, 0.1) is 0 Å². The molecule has 15 heavy (non-hydrogen) atoms. The van der Waals surface area contributed by atoms with E-state index in [0.717, 1.165) is 7.05 Å². The number of hydrogen-bond acceptors (Lipinski definition) is 4. The van der Waals surface area contributed by atoms with Crippen LogP contribution in [0.15, 0.2) is 0 Å². The van der Waals surface area contributed by atoms with E-state index in [1.54, 1.807) is 4.72 Å². The van der Waals surface area contributed by atoms with Gasteiger partial charge in [-0.3, -0.25) is 9.59 Å². The van der Waals surface area contributed by atoms with Gasteiger partial charge in [0.15, 0.2) is 0 Å². The molecule has 0 heterocycles. The summed E-state index contributed by atoms with van der Waals surface area (Å²) in [6, 6.07) is -1.45. The summed E-state index contributed by atoms with van der Waals surface area (Å²) in [6.45, 7) is 0. The SMILES string of the molecule is CNS(=O)(=O)N[C@@H](CCC(=O)O)C(=O)O. The highest BCUT2D eigenvalue weighted by molar-refractivity contribution is 7.87. The first kappa shape index (κ1) is 13.8. The molecule has 4 N–H and O–H groups in total. The quantitative estimate of drug-likeness (QED) is 0.421. The predicted molar refractivity (Wildman–Crippen MR) is 49.4 cm³/mol. The molecule has 88 valence electrons. The fourth-order valence-corrected chi connectivity index (χ4v) is 1.46. The van der Waals surface area contributed by atoms with Crippen LogP contribution in [0.5, 0.6) is 0 Å². The average Bonchev–Trinajstić information content (AvgIpc) is 2.11. The van der Waals surface area contributed by atoms with Crippen LogP contribution in [0.4, 0.5) is 0 Å². The van der Waals surface area contributed by atoms with Crippen LogP contribution in [0.3, 0.4) is 0 Å². The zero-order valence-electron chi connectivity index (χ0n) is 7.93. The smallest absolute Gasteiger partial charge is 0.321 e. The van der Waals surface area contributed by atoms with Gasteiger partial charge in [0, 0.05) is 13.5 Å². The van der Waals surface area contributed by atoms with Gasteiger partial charge >= 0.3 is 11.9 Å². The van der Waals surface area contributed by atoms with Crippen molar-refractivity contribution in [2.75, 3.05) is 7.05 Å². The van der Waals surface area contributed by atoms with Crippen molar-refractivity contribution in [1.82, 2.24) is 9.44 Å².